The molecule has 0 atom stereocenters. The van der Waals surface area contributed by atoms with Crippen molar-refractivity contribution in [1.29, 1.82) is 0 Å². The van der Waals surface area contributed by atoms with Gasteiger partial charge < -0.3 is 0 Å². The molecule has 1 N–H and O–H groups in total. The summed E-state index contributed by atoms with van der Waals surface area (Å²) in [6, 6.07) is 8.64. The van der Waals surface area contributed by atoms with Crippen molar-refractivity contribution in [2.24, 2.45) is 0 Å². The highest BCUT2D eigenvalue weighted by Crippen LogP contribution is 2.29. The first-order valence-electron chi connectivity index (χ1n) is 4.91. The van der Waals surface area contributed by atoms with Crippen LogP contribution in [-0.2, 0) is 0 Å². The van der Waals surface area contributed by atoms with Crippen LogP contribution in [0.5, 0.6) is 0 Å². The Hall–Kier alpha value is -0.610. The number of rotatable bonds is 5. The Bertz CT molecular complexity index is 399. The lowest BCUT2D eigenvalue weighted by Gasteiger charge is -2.15. The normalized spacial score (nSPS) is 10.9. The molecule has 2 aromatic heterocycles. The van der Waals surface area contributed by atoms with Crippen LogP contribution in [-0.4, -0.2) is 6.54 Å². The Morgan fingerprint density at radius 1 is 1.25 bits per heavy atom. The van der Waals surface area contributed by atoms with E-state index in [1.54, 1.807) is 22.7 Å². The second-order valence-corrected chi connectivity index (χ2v) is 5.86. The molecule has 2 heterocycles. The van der Waals surface area contributed by atoms with Crippen LogP contribution in [0.15, 0.2) is 46.6 Å². The van der Waals surface area contributed by atoms with E-state index in [9.17, 15) is 0 Å². The molecule has 0 unspecified atom stereocenters. The van der Waals surface area contributed by atoms with Gasteiger partial charge in [-0.2, -0.15) is 0 Å². The van der Waals surface area contributed by atoms with Gasteiger partial charge in [-0.05, 0) is 22.9 Å². The van der Waals surface area contributed by atoms with Crippen molar-refractivity contribution in [3.05, 3.63) is 56.4 Å². The monoisotopic (exact) mass is 269 g/mol. The Labute approximate surface area is 108 Å². The summed E-state index contributed by atoms with van der Waals surface area (Å²) in [7, 11) is 0. The van der Waals surface area contributed by atoms with Gasteiger partial charge in [0.15, 0.2) is 0 Å². The molecule has 1 nitrogen and oxygen atoms in total. The van der Waals surface area contributed by atoms with Gasteiger partial charge in [-0.1, -0.05) is 30.3 Å². The third-order valence-corrected chi connectivity index (χ3v) is 4.16. The van der Waals surface area contributed by atoms with Crippen LogP contribution in [0.2, 0.25) is 0 Å². The summed E-state index contributed by atoms with van der Waals surface area (Å²) < 4.78 is 0. The zero-order valence-electron chi connectivity index (χ0n) is 8.65. The molecule has 0 amide bonds. The zero-order chi connectivity index (χ0) is 11.4. The topological polar surface area (TPSA) is 12.0 Å². The highest BCUT2D eigenvalue weighted by Gasteiger charge is 2.15. The van der Waals surface area contributed by atoms with Gasteiger partial charge in [-0.15, -0.1) is 22.7 Å². The number of halogens is 1. The average molecular weight is 270 g/mol. The van der Waals surface area contributed by atoms with Crippen LogP contribution in [0.25, 0.3) is 0 Å². The molecule has 0 aliphatic carbocycles. The highest BCUT2D eigenvalue weighted by molar-refractivity contribution is 7.11. The Balaban J connectivity index is 2.17. The van der Waals surface area contributed by atoms with E-state index < -0.39 is 0 Å². The molecule has 0 aromatic carbocycles. The first-order valence-corrected chi connectivity index (χ1v) is 7.04. The predicted molar refractivity (Wildman–Crippen MR) is 73.5 cm³/mol. The fourth-order valence-corrected chi connectivity index (χ4v) is 3.25. The maximum absolute atomic E-state index is 5.79. The predicted octanol–water partition coefficient (Wildman–Crippen LogP) is 4.24. The number of nitrogens with one attached hydrogen (secondary N) is 1. The molecule has 4 heteroatoms. The third-order valence-electron chi connectivity index (χ3n) is 2.15. The fraction of sp³-hybridized carbons (Fsp3) is 0.167. The lowest BCUT2D eigenvalue weighted by molar-refractivity contribution is 0.669. The Morgan fingerprint density at radius 2 is 1.81 bits per heavy atom. The summed E-state index contributed by atoms with van der Waals surface area (Å²) in [5, 5.41) is 8.23. The Morgan fingerprint density at radius 3 is 2.19 bits per heavy atom. The molecule has 0 saturated carbocycles. The molecule has 0 radical (unpaired) electrons. The van der Waals surface area contributed by atoms with Crippen molar-refractivity contribution in [3.8, 4) is 0 Å². The molecule has 0 aliphatic heterocycles. The van der Waals surface area contributed by atoms with Gasteiger partial charge in [-0.3, -0.25) is 5.32 Å². The summed E-state index contributed by atoms with van der Waals surface area (Å²) in [5.41, 5.74) is 0. The molecule has 0 bridgehead atoms. The lowest BCUT2D eigenvalue weighted by Crippen LogP contribution is -2.21. The van der Waals surface area contributed by atoms with Gasteiger partial charge in [0.25, 0.3) is 0 Å². The molecular weight excluding hydrogens is 258 g/mol. The smallest absolute Gasteiger partial charge is 0.0767 e. The van der Waals surface area contributed by atoms with E-state index in [-0.39, 0.29) is 6.04 Å². The van der Waals surface area contributed by atoms with Gasteiger partial charge in [0.05, 0.1) is 6.04 Å². The van der Waals surface area contributed by atoms with E-state index in [1.165, 1.54) is 9.75 Å². The minimum Gasteiger partial charge on any atom is -0.300 e. The quantitative estimate of drug-likeness (QED) is 0.856. The van der Waals surface area contributed by atoms with Crippen LogP contribution in [0.4, 0.5) is 0 Å². The SMILES string of the molecule is C=C(Cl)CNC(c1cccs1)c1cccs1. The standard InChI is InChI=1S/C12H12ClNS2/c1-9(13)8-14-12(10-4-2-6-15-10)11-5-3-7-16-11/h2-7,12,14H,1,8H2. The van der Waals surface area contributed by atoms with Crippen LogP contribution in [0, 0.1) is 0 Å². The van der Waals surface area contributed by atoms with E-state index in [0.717, 1.165) is 0 Å². The maximum atomic E-state index is 5.79. The average Bonchev–Trinajstić information content (AvgIpc) is 2.88. The summed E-state index contributed by atoms with van der Waals surface area (Å²) >= 11 is 9.30. The first kappa shape index (κ1) is 11.9. The van der Waals surface area contributed by atoms with Crippen molar-refractivity contribution >= 4 is 34.3 Å². The van der Waals surface area contributed by atoms with Crippen LogP contribution in [0.1, 0.15) is 15.8 Å². The van der Waals surface area contributed by atoms with Gasteiger partial charge >= 0.3 is 0 Å². The van der Waals surface area contributed by atoms with E-state index in [0.29, 0.717) is 11.6 Å². The summed E-state index contributed by atoms with van der Waals surface area (Å²) in [6.07, 6.45) is 0. The highest BCUT2D eigenvalue weighted by atomic mass is 35.5. The zero-order valence-corrected chi connectivity index (χ0v) is 11.0. The number of thiophene rings is 2. The summed E-state index contributed by atoms with van der Waals surface area (Å²) in [6.45, 7) is 4.33. The molecule has 2 aromatic rings. The molecule has 16 heavy (non-hydrogen) atoms. The minimum atomic E-state index is 0.232. The molecule has 0 fully saturated rings. The van der Waals surface area contributed by atoms with Gasteiger partial charge in [0.1, 0.15) is 0 Å². The van der Waals surface area contributed by atoms with Crippen molar-refractivity contribution in [1.82, 2.24) is 5.32 Å². The van der Waals surface area contributed by atoms with Crippen LogP contribution >= 0.6 is 34.3 Å². The maximum Gasteiger partial charge on any atom is 0.0767 e. The molecule has 84 valence electrons. The van der Waals surface area contributed by atoms with Crippen molar-refractivity contribution in [3.63, 3.8) is 0 Å². The van der Waals surface area contributed by atoms with Crippen LogP contribution in [0.3, 0.4) is 0 Å². The summed E-state index contributed by atoms with van der Waals surface area (Å²) in [5.74, 6) is 0. The third kappa shape index (κ3) is 2.95. The van der Waals surface area contributed by atoms with E-state index in [1.807, 2.05) is 0 Å². The van der Waals surface area contributed by atoms with E-state index in [2.05, 4.69) is 46.9 Å². The molecule has 0 aliphatic rings. The molecular formula is C12H12ClNS2. The van der Waals surface area contributed by atoms with E-state index in [4.69, 9.17) is 11.6 Å². The second kappa shape index (κ2) is 5.64. The van der Waals surface area contributed by atoms with Crippen molar-refractivity contribution < 1.29 is 0 Å². The van der Waals surface area contributed by atoms with Crippen LogP contribution < -0.4 is 5.32 Å². The van der Waals surface area contributed by atoms with E-state index >= 15 is 0 Å². The van der Waals surface area contributed by atoms with Gasteiger partial charge in [-0.25, -0.2) is 0 Å². The fourth-order valence-electron chi connectivity index (χ4n) is 1.47. The first-order chi connectivity index (χ1) is 7.77. The number of hydrogen-bond donors (Lipinski definition) is 1. The van der Waals surface area contributed by atoms with Gasteiger partial charge in [0.2, 0.25) is 0 Å². The summed E-state index contributed by atoms with van der Waals surface area (Å²) in [4.78, 5) is 2.61. The number of hydrogen-bond acceptors (Lipinski definition) is 3. The second-order valence-electron chi connectivity index (χ2n) is 3.36. The van der Waals surface area contributed by atoms with Crippen molar-refractivity contribution in [2.45, 2.75) is 6.04 Å². The largest absolute Gasteiger partial charge is 0.300 e. The van der Waals surface area contributed by atoms with Gasteiger partial charge in [0, 0.05) is 21.3 Å². The lowest BCUT2D eigenvalue weighted by atomic mass is 10.2. The molecule has 0 spiro atoms. The Kier molecular flexibility index (Phi) is 4.18. The molecule has 2 rings (SSSR count). The molecule has 0 saturated heterocycles. The van der Waals surface area contributed by atoms with Crippen molar-refractivity contribution in [2.75, 3.05) is 6.54 Å². The minimum absolute atomic E-state index is 0.232.